The normalized spacial score (nSPS) is 16.5. The van der Waals surface area contributed by atoms with Gasteiger partial charge >= 0.3 is 5.69 Å². The molecule has 2 heterocycles. The second kappa shape index (κ2) is 6.76. The number of aromatic amines is 1. The number of rotatable bonds is 4. The van der Waals surface area contributed by atoms with Crippen molar-refractivity contribution in [3.8, 4) is 5.75 Å². The van der Waals surface area contributed by atoms with E-state index in [9.17, 15) is 9.90 Å². The number of phenolic OH excluding ortho intramolecular Hbond substituents is 1. The Kier molecular flexibility index (Phi) is 4.32. The molecular weight excluding hydrogens is 314 g/mol. The zero-order valence-corrected chi connectivity index (χ0v) is 14.2. The largest absolute Gasteiger partial charge is 0.508 e. The number of piperidine rings is 1. The molecule has 130 valence electrons. The Labute approximate surface area is 146 Å². The van der Waals surface area contributed by atoms with E-state index in [0.29, 0.717) is 5.75 Å². The third-order valence-corrected chi connectivity index (χ3v) is 5.24. The van der Waals surface area contributed by atoms with E-state index in [1.54, 1.807) is 6.07 Å². The number of H-pyrrole nitrogens is 1. The summed E-state index contributed by atoms with van der Waals surface area (Å²) in [7, 11) is 0. The lowest BCUT2D eigenvalue weighted by atomic mass is 10.0. The van der Waals surface area contributed by atoms with E-state index in [2.05, 4.69) is 9.88 Å². The fourth-order valence-corrected chi connectivity index (χ4v) is 3.84. The van der Waals surface area contributed by atoms with Crippen LogP contribution in [0.4, 0.5) is 0 Å². The summed E-state index contributed by atoms with van der Waals surface area (Å²) >= 11 is 0. The second-order valence-corrected chi connectivity index (χ2v) is 6.77. The standard InChI is InChI=1S/C20H23N3O2/c24-19-8-4-1-5-15(19)9-12-22-13-10-16(11-14-22)23-18-7-3-2-6-17(18)21-20(23)25/h1-8,16,24H,9-14H2,(H,21,25). The molecule has 1 aliphatic heterocycles. The van der Waals surface area contributed by atoms with Gasteiger partial charge in [-0.3, -0.25) is 4.57 Å². The summed E-state index contributed by atoms with van der Waals surface area (Å²) in [6.45, 7) is 2.89. The van der Waals surface area contributed by atoms with Gasteiger partial charge in [0, 0.05) is 25.7 Å². The maximum Gasteiger partial charge on any atom is 0.326 e. The third-order valence-electron chi connectivity index (χ3n) is 5.24. The smallest absolute Gasteiger partial charge is 0.326 e. The monoisotopic (exact) mass is 337 g/mol. The molecule has 0 radical (unpaired) electrons. The predicted molar refractivity (Wildman–Crippen MR) is 99.1 cm³/mol. The fraction of sp³-hybridized carbons (Fsp3) is 0.350. The Hall–Kier alpha value is -2.53. The average molecular weight is 337 g/mol. The van der Waals surface area contributed by atoms with Crippen LogP contribution in [0.2, 0.25) is 0 Å². The van der Waals surface area contributed by atoms with Crippen molar-refractivity contribution in [3.63, 3.8) is 0 Å². The lowest BCUT2D eigenvalue weighted by Crippen LogP contribution is -2.38. The first kappa shape index (κ1) is 16.0. The topological polar surface area (TPSA) is 61.3 Å². The number of aromatic hydroxyl groups is 1. The predicted octanol–water partition coefficient (Wildman–Crippen LogP) is 2.91. The Balaban J connectivity index is 1.40. The molecule has 0 spiro atoms. The molecule has 1 aromatic heterocycles. The molecule has 1 aliphatic rings. The van der Waals surface area contributed by atoms with Crippen molar-refractivity contribution in [2.24, 2.45) is 0 Å². The third kappa shape index (κ3) is 3.20. The van der Waals surface area contributed by atoms with Crippen LogP contribution in [0.1, 0.15) is 24.4 Å². The number of benzene rings is 2. The van der Waals surface area contributed by atoms with Crippen LogP contribution in [0.5, 0.6) is 5.75 Å². The Morgan fingerprint density at radius 3 is 2.56 bits per heavy atom. The average Bonchev–Trinajstić information content (AvgIpc) is 2.97. The summed E-state index contributed by atoms with van der Waals surface area (Å²) in [5.41, 5.74) is 2.90. The number of hydrogen-bond donors (Lipinski definition) is 2. The highest BCUT2D eigenvalue weighted by atomic mass is 16.3. The van der Waals surface area contributed by atoms with Crippen LogP contribution < -0.4 is 5.69 Å². The number of fused-ring (bicyclic) bond motifs is 1. The van der Waals surface area contributed by atoms with Crippen molar-refractivity contribution in [2.75, 3.05) is 19.6 Å². The highest BCUT2D eigenvalue weighted by Gasteiger charge is 2.23. The molecule has 25 heavy (non-hydrogen) atoms. The van der Waals surface area contributed by atoms with Crippen molar-refractivity contribution in [3.05, 3.63) is 64.6 Å². The SMILES string of the molecule is O=c1[nH]c2ccccc2n1C1CCN(CCc2ccccc2O)CC1. The molecule has 1 fully saturated rings. The number of hydrogen-bond acceptors (Lipinski definition) is 3. The number of nitrogens with zero attached hydrogens (tertiary/aromatic N) is 2. The molecule has 0 atom stereocenters. The van der Waals surface area contributed by atoms with E-state index in [0.717, 1.165) is 55.5 Å². The zero-order valence-electron chi connectivity index (χ0n) is 14.2. The summed E-state index contributed by atoms with van der Waals surface area (Å²) in [5, 5.41) is 9.88. The molecule has 0 aliphatic carbocycles. The fourth-order valence-electron chi connectivity index (χ4n) is 3.84. The second-order valence-electron chi connectivity index (χ2n) is 6.77. The number of nitrogens with one attached hydrogen (secondary N) is 1. The molecule has 0 unspecified atom stereocenters. The minimum Gasteiger partial charge on any atom is -0.508 e. The molecule has 2 aromatic carbocycles. The van der Waals surface area contributed by atoms with Gasteiger partial charge in [0.2, 0.25) is 0 Å². The summed E-state index contributed by atoms with van der Waals surface area (Å²) in [5.74, 6) is 0.378. The van der Waals surface area contributed by atoms with E-state index in [-0.39, 0.29) is 11.7 Å². The molecule has 2 N–H and O–H groups in total. The highest BCUT2D eigenvalue weighted by Crippen LogP contribution is 2.25. The van der Waals surface area contributed by atoms with Gasteiger partial charge in [0.1, 0.15) is 5.75 Å². The summed E-state index contributed by atoms with van der Waals surface area (Å²) in [4.78, 5) is 17.7. The number of para-hydroxylation sites is 3. The number of phenols is 1. The van der Waals surface area contributed by atoms with Gasteiger partial charge in [-0.2, -0.15) is 0 Å². The Bertz CT molecular complexity index is 920. The van der Waals surface area contributed by atoms with E-state index in [4.69, 9.17) is 0 Å². The van der Waals surface area contributed by atoms with Crippen molar-refractivity contribution < 1.29 is 5.11 Å². The summed E-state index contributed by atoms with van der Waals surface area (Å²) in [6.07, 6.45) is 2.80. The van der Waals surface area contributed by atoms with Crippen molar-refractivity contribution in [2.45, 2.75) is 25.3 Å². The first-order valence-electron chi connectivity index (χ1n) is 8.91. The molecule has 5 heteroatoms. The van der Waals surface area contributed by atoms with Gasteiger partial charge in [0.15, 0.2) is 0 Å². The van der Waals surface area contributed by atoms with E-state index >= 15 is 0 Å². The minimum absolute atomic E-state index is 0.00569. The summed E-state index contributed by atoms with van der Waals surface area (Å²) in [6, 6.07) is 15.7. The molecule has 1 saturated heterocycles. The Morgan fingerprint density at radius 2 is 1.76 bits per heavy atom. The Morgan fingerprint density at radius 1 is 1.04 bits per heavy atom. The first-order chi connectivity index (χ1) is 12.2. The molecule has 3 aromatic rings. The lowest BCUT2D eigenvalue weighted by Gasteiger charge is -2.32. The van der Waals surface area contributed by atoms with Crippen molar-refractivity contribution in [1.29, 1.82) is 0 Å². The van der Waals surface area contributed by atoms with Crippen molar-refractivity contribution >= 4 is 11.0 Å². The molecule has 4 rings (SSSR count). The first-order valence-corrected chi connectivity index (χ1v) is 8.91. The van der Waals surface area contributed by atoms with E-state index in [1.807, 2.05) is 47.0 Å². The minimum atomic E-state index is -0.00569. The van der Waals surface area contributed by atoms with Crippen LogP contribution in [-0.2, 0) is 6.42 Å². The van der Waals surface area contributed by atoms with Crippen LogP contribution in [0.25, 0.3) is 11.0 Å². The molecular formula is C20H23N3O2. The number of aromatic nitrogens is 2. The van der Waals surface area contributed by atoms with Gasteiger partial charge in [-0.15, -0.1) is 0 Å². The zero-order chi connectivity index (χ0) is 17.2. The molecule has 0 saturated carbocycles. The number of imidazole rings is 1. The van der Waals surface area contributed by atoms with Gasteiger partial charge in [0.05, 0.1) is 11.0 Å². The van der Waals surface area contributed by atoms with Gasteiger partial charge in [-0.05, 0) is 43.0 Å². The van der Waals surface area contributed by atoms with Crippen LogP contribution >= 0.6 is 0 Å². The van der Waals surface area contributed by atoms with E-state index in [1.165, 1.54) is 0 Å². The molecule has 0 amide bonds. The number of likely N-dealkylation sites (tertiary alicyclic amines) is 1. The van der Waals surface area contributed by atoms with Gasteiger partial charge in [-0.25, -0.2) is 4.79 Å². The van der Waals surface area contributed by atoms with Gasteiger partial charge < -0.3 is 15.0 Å². The quantitative estimate of drug-likeness (QED) is 0.769. The van der Waals surface area contributed by atoms with Gasteiger partial charge in [-0.1, -0.05) is 30.3 Å². The van der Waals surface area contributed by atoms with Crippen LogP contribution in [0.15, 0.2) is 53.3 Å². The maximum absolute atomic E-state index is 12.3. The molecule has 0 bridgehead atoms. The van der Waals surface area contributed by atoms with Gasteiger partial charge in [0.25, 0.3) is 0 Å². The highest BCUT2D eigenvalue weighted by molar-refractivity contribution is 5.75. The van der Waals surface area contributed by atoms with Crippen LogP contribution in [-0.4, -0.2) is 39.2 Å². The molecule has 5 nitrogen and oxygen atoms in total. The lowest BCUT2D eigenvalue weighted by molar-refractivity contribution is 0.188. The van der Waals surface area contributed by atoms with E-state index < -0.39 is 0 Å². The van der Waals surface area contributed by atoms with Crippen molar-refractivity contribution in [1.82, 2.24) is 14.5 Å². The summed E-state index contributed by atoms with van der Waals surface area (Å²) < 4.78 is 1.93. The van der Waals surface area contributed by atoms with Crippen LogP contribution in [0.3, 0.4) is 0 Å². The maximum atomic E-state index is 12.3. The van der Waals surface area contributed by atoms with Crippen LogP contribution in [0, 0.1) is 0 Å².